The molecule has 0 radical (unpaired) electrons. The number of anilines is 1. The molecule has 0 fully saturated rings. The Morgan fingerprint density at radius 1 is 1.44 bits per heavy atom. The molecule has 0 aliphatic heterocycles. The molecule has 0 aliphatic rings. The molecule has 0 saturated heterocycles. The van der Waals surface area contributed by atoms with Crippen LogP contribution in [-0.4, -0.2) is 16.8 Å². The summed E-state index contributed by atoms with van der Waals surface area (Å²) in [7, 11) is 3.96. The summed E-state index contributed by atoms with van der Waals surface area (Å²) < 4.78 is 1.81. The lowest BCUT2D eigenvalue weighted by atomic mass is 10.1. The van der Waals surface area contributed by atoms with E-state index < -0.39 is 0 Å². The van der Waals surface area contributed by atoms with Crippen LogP contribution in [0, 0.1) is 0 Å². The van der Waals surface area contributed by atoms with E-state index in [1.54, 1.807) is 4.68 Å². The van der Waals surface area contributed by atoms with E-state index in [1.165, 1.54) is 11.1 Å². The zero-order valence-electron chi connectivity index (χ0n) is 10.4. The highest BCUT2D eigenvalue weighted by Gasteiger charge is 2.11. The fraction of sp³-hybridized carbons (Fsp3) is 0.308. The first-order chi connectivity index (χ1) is 8.61. The number of alkyl halides is 1. The summed E-state index contributed by atoms with van der Waals surface area (Å²) in [6.07, 6.45) is 3.89. The Labute approximate surface area is 120 Å². The summed E-state index contributed by atoms with van der Waals surface area (Å²) >= 11 is 9.79. The minimum absolute atomic E-state index is 0.776. The Morgan fingerprint density at radius 3 is 2.83 bits per heavy atom. The third-order valence-electron chi connectivity index (χ3n) is 2.77. The van der Waals surface area contributed by atoms with Crippen molar-refractivity contribution in [3.05, 3.63) is 46.7 Å². The molecule has 0 spiro atoms. The van der Waals surface area contributed by atoms with Crippen LogP contribution in [0.2, 0.25) is 5.02 Å². The van der Waals surface area contributed by atoms with Gasteiger partial charge in [-0.25, -0.2) is 0 Å². The normalized spacial score (nSPS) is 10.7. The molecule has 1 aromatic carbocycles. The predicted molar refractivity (Wildman–Crippen MR) is 79.4 cm³/mol. The van der Waals surface area contributed by atoms with Crippen LogP contribution in [0.15, 0.2) is 30.6 Å². The Hall–Kier alpha value is -1.000. The molecule has 0 unspecified atom stereocenters. The molecule has 0 atom stereocenters. The number of rotatable bonds is 4. The lowest BCUT2D eigenvalue weighted by Crippen LogP contribution is -2.18. The first-order valence-electron chi connectivity index (χ1n) is 5.64. The van der Waals surface area contributed by atoms with Crippen LogP contribution >= 0.6 is 27.5 Å². The van der Waals surface area contributed by atoms with Gasteiger partial charge in [0.15, 0.2) is 0 Å². The van der Waals surface area contributed by atoms with Gasteiger partial charge < -0.3 is 4.90 Å². The molecule has 0 saturated carbocycles. The average molecular weight is 329 g/mol. The van der Waals surface area contributed by atoms with Crippen molar-refractivity contribution in [1.82, 2.24) is 9.78 Å². The summed E-state index contributed by atoms with van der Waals surface area (Å²) in [5, 5.41) is 5.74. The summed E-state index contributed by atoms with van der Waals surface area (Å²) in [5.74, 6) is 0. The van der Waals surface area contributed by atoms with Crippen molar-refractivity contribution >= 4 is 33.2 Å². The van der Waals surface area contributed by atoms with Crippen LogP contribution in [0.3, 0.4) is 0 Å². The summed E-state index contributed by atoms with van der Waals surface area (Å²) in [6.45, 7) is 0.789. The van der Waals surface area contributed by atoms with Crippen LogP contribution in [-0.2, 0) is 18.9 Å². The second-order valence-electron chi connectivity index (χ2n) is 4.26. The van der Waals surface area contributed by atoms with E-state index >= 15 is 0 Å². The van der Waals surface area contributed by atoms with Gasteiger partial charge in [0.25, 0.3) is 0 Å². The molecule has 2 rings (SSSR count). The van der Waals surface area contributed by atoms with Gasteiger partial charge in [-0.05, 0) is 11.6 Å². The summed E-state index contributed by atoms with van der Waals surface area (Å²) in [4.78, 5) is 2.15. The standard InChI is InChI=1S/C13H15BrClN3/c1-17(8-10-7-16-18(2)9-10)13-11(6-14)4-3-5-12(13)15/h3-5,7,9H,6,8H2,1-2H3. The molecule has 0 aliphatic carbocycles. The van der Waals surface area contributed by atoms with E-state index in [9.17, 15) is 0 Å². The molecule has 3 nitrogen and oxygen atoms in total. The highest BCUT2D eigenvalue weighted by molar-refractivity contribution is 9.08. The first-order valence-corrected chi connectivity index (χ1v) is 7.13. The molecule has 0 N–H and O–H groups in total. The maximum Gasteiger partial charge on any atom is 0.0642 e. The number of hydrogen-bond acceptors (Lipinski definition) is 2. The van der Waals surface area contributed by atoms with Crippen molar-refractivity contribution in [3.8, 4) is 0 Å². The number of halogens is 2. The monoisotopic (exact) mass is 327 g/mol. The number of benzene rings is 1. The molecule has 96 valence electrons. The zero-order valence-corrected chi connectivity index (χ0v) is 12.7. The number of hydrogen-bond donors (Lipinski definition) is 0. The zero-order chi connectivity index (χ0) is 13.1. The molecule has 1 aromatic heterocycles. The van der Waals surface area contributed by atoms with Crippen molar-refractivity contribution in [2.45, 2.75) is 11.9 Å². The number of aryl methyl sites for hydroxylation is 1. The quantitative estimate of drug-likeness (QED) is 0.800. The van der Waals surface area contributed by atoms with Crippen LogP contribution in [0.5, 0.6) is 0 Å². The molecule has 2 aromatic rings. The van der Waals surface area contributed by atoms with Crippen LogP contribution in [0.25, 0.3) is 0 Å². The van der Waals surface area contributed by atoms with Crippen molar-refractivity contribution in [2.75, 3.05) is 11.9 Å². The van der Waals surface area contributed by atoms with Crippen LogP contribution < -0.4 is 4.90 Å². The van der Waals surface area contributed by atoms with E-state index in [1.807, 2.05) is 38.6 Å². The van der Waals surface area contributed by atoms with E-state index in [2.05, 4.69) is 32.0 Å². The topological polar surface area (TPSA) is 21.1 Å². The van der Waals surface area contributed by atoms with Gasteiger partial charge >= 0.3 is 0 Å². The van der Waals surface area contributed by atoms with Gasteiger partial charge in [-0.2, -0.15) is 5.10 Å². The number of nitrogens with zero attached hydrogens (tertiary/aromatic N) is 3. The summed E-state index contributed by atoms with van der Waals surface area (Å²) in [5.41, 5.74) is 3.43. The Bertz CT molecular complexity index is 539. The Morgan fingerprint density at radius 2 is 2.22 bits per heavy atom. The van der Waals surface area contributed by atoms with Crippen LogP contribution in [0.4, 0.5) is 5.69 Å². The van der Waals surface area contributed by atoms with Gasteiger partial charge in [-0.1, -0.05) is 39.7 Å². The smallest absolute Gasteiger partial charge is 0.0642 e. The van der Waals surface area contributed by atoms with Crippen LogP contribution in [0.1, 0.15) is 11.1 Å². The summed E-state index contributed by atoms with van der Waals surface area (Å²) in [6, 6.07) is 5.97. The van der Waals surface area contributed by atoms with Crippen molar-refractivity contribution in [2.24, 2.45) is 7.05 Å². The largest absolute Gasteiger partial charge is 0.369 e. The molecule has 5 heteroatoms. The molecule has 0 amide bonds. The van der Waals surface area contributed by atoms with Gasteiger partial charge in [0.05, 0.1) is 16.9 Å². The maximum absolute atomic E-state index is 6.29. The van der Waals surface area contributed by atoms with E-state index in [4.69, 9.17) is 11.6 Å². The maximum atomic E-state index is 6.29. The number of para-hydroxylation sites is 1. The molecular weight excluding hydrogens is 314 g/mol. The second kappa shape index (κ2) is 5.76. The van der Waals surface area contributed by atoms with Gasteiger partial charge in [-0.15, -0.1) is 0 Å². The predicted octanol–water partition coefficient (Wildman–Crippen LogP) is 3.60. The van der Waals surface area contributed by atoms with E-state index in [0.29, 0.717) is 0 Å². The molecule has 1 heterocycles. The fourth-order valence-corrected chi connectivity index (χ4v) is 2.79. The van der Waals surface area contributed by atoms with Crippen molar-refractivity contribution < 1.29 is 0 Å². The minimum Gasteiger partial charge on any atom is -0.369 e. The van der Waals surface area contributed by atoms with Gasteiger partial charge in [-0.3, -0.25) is 4.68 Å². The number of aromatic nitrogens is 2. The average Bonchev–Trinajstić information content (AvgIpc) is 2.74. The van der Waals surface area contributed by atoms with Gasteiger partial charge in [0, 0.05) is 37.7 Å². The third-order valence-corrected chi connectivity index (χ3v) is 3.68. The van der Waals surface area contributed by atoms with E-state index in [0.717, 1.165) is 22.6 Å². The van der Waals surface area contributed by atoms with Gasteiger partial charge in [0.2, 0.25) is 0 Å². The second-order valence-corrected chi connectivity index (χ2v) is 5.23. The highest BCUT2D eigenvalue weighted by atomic mass is 79.9. The highest BCUT2D eigenvalue weighted by Crippen LogP contribution is 2.31. The molecule has 0 bridgehead atoms. The Balaban J connectivity index is 2.25. The fourth-order valence-electron chi connectivity index (χ4n) is 2.00. The first kappa shape index (κ1) is 13.4. The van der Waals surface area contributed by atoms with Crippen molar-refractivity contribution in [3.63, 3.8) is 0 Å². The lowest BCUT2D eigenvalue weighted by Gasteiger charge is -2.22. The lowest BCUT2D eigenvalue weighted by molar-refractivity contribution is 0.766. The molecule has 18 heavy (non-hydrogen) atoms. The molecular formula is C13H15BrClN3. The Kier molecular flexibility index (Phi) is 4.30. The van der Waals surface area contributed by atoms with E-state index in [-0.39, 0.29) is 0 Å². The van der Waals surface area contributed by atoms with Gasteiger partial charge in [0.1, 0.15) is 0 Å². The minimum atomic E-state index is 0.776. The van der Waals surface area contributed by atoms with Crippen molar-refractivity contribution in [1.29, 1.82) is 0 Å². The SMILES string of the molecule is CN(Cc1cnn(C)c1)c1c(Cl)cccc1CBr. The third kappa shape index (κ3) is 2.87.